The van der Waals surface area contributed by atoms with E-state index in [9.17, 15) is 9.59 Å². The predicted octanol–water partition coefficient (Wildman–Crippen LogP) is 3.27. The van der Waals surface area contributed by atoms with Crippen molar-refractivity contribution in [3.05, 3.63) is 34.2 Å². The van der Waals surface area contributed by atoms with Crippen LogP contribution in [0.25, 0.3) is 10.1 Å². The van der Waals surface area contributed by atoms with Crippen molar-refractivity contribution < 1.29 is 14.3 Å². The van der Waals surface area contributed by atoms with Crippen LogP contribution < -0.4 is 0 Å². The van der Waals surface area contributed by atoms with E-state index in [-0.39, 0.29) is 17.7 Å². The summed E-state index contributed by atoms with van der Waals surface area (Å²) in [6.07, 6.45) is 1.68. The third kappa shape index (κ3) is 3.33. The standard InChI is InChI=1S/C19H21ClN2O3S/c20-16-14-5-1-2-6-15(14)26-17(16)19(24)22-7-3-4-13(12-22)18(23)21-8-10-25-11-9-21/h1-2,5-6,13H,3-4,7-12H2. The smallest absolute Gasteiger partial charge is 0.265 e. The molecule has 0 N–H and O–H groups in total. The number of thiophene rings is 1. The minimum absolute atomic E-state index is 0.0596. The number of benzene rings is 1. The first-order chi connectivity index (χ1) is 12.6. The summed E-state index contributed by atoms with van der Waals surface area (Å²) in [5.74, 6) is -0.0390. The van der Waals surface area contributed by atoms with Crippen molar-refractivity contribution in [3.63, 3.8) is 0 Å². The molecule has 4 rings (SSSR count). The van der Waals surface area contributed by atoms with Crippen LogP contribution in [0.1, 0.15) is 22.5 Å². The summed E-state index contributed by atoms with van der Waals surface area (Å²) >= 11 is 7.89. The second-order valence-electron chi connectivity index (χ2n) is 6.77. The molecule has 2 aromatic rings. The van der Waals surface area contributed by atoms with Gasteiger partial charge in [-0.3, -0.25) is 9.59 Å². The Kier molecular flexibility index (Phi) is 5.16. The quantitative estimate of drug-likeness (QED) is 0.788. The molecule has 2 aliphatic heterocycles. The Morgan fingerprint density at radius 3 is 2.65 bits per heavy atom. The van der Waals surface area contributed by atoms with Crippen molar-refractivity contribution in [3.8, 4) is 0 Å². The molecule has 26 heavy (non-hydrogen) atoms. The Labute approximate surface area is 161 Å². The van der Waals surface area contributed by atoms with Gasteiger partial charge in [-0.15, -0.1) is 11.3 Å². The number of piperidine rings is 1. The molecule has 1 unspecified atom stereocenters. The van der Waals surface area contributed by atoms with E-state index in [2.05, 4.69) is 0 Å². The van der Waals surface area contributed by atoms with Crippen molar-refractivity contribution in [1.82, 2.24) is 9.80 Å². The highest BCUT2D eigenvalue weighted by Gasteiger charge is 2.33. The van der Waals surface area contributed by atoms with Crippen LogP contribution in [0.5, 0.6) is 0 Å². The lowest BCUT2D eigenvalue weighted by atomic mass is 9.96. The second kappa shape index (κ2) is 7.55. The molecule has 7 heteroatoms. The fraction of sp³-hybridized carbons (Fsp3) is 0.474. The number of nitrogens with zero attached hydrogens (tertiary/aromatic N) is 2. The SMILES string of the molecule is O=C(c1sc2ccccc2c1Cl)N1CCCC(C(=O)N2CCOCC2)C1. The van der Waals surface area contributed by atoms with Crippen LogP contribution in [-0.2, 0) is 9.53 Å². The highest BCUT2D eigenvalue weighted by molar-refractivity contribution is 7.21. The molecule has 0 aliphatic carbocycles. The van der Waals surface area contributed by atoms with Crippen molar-refractivity contribution in [1.29, 1.82) is 0 Å². The summed E-state index contributed by atoms with van der Waals surface area (Å²) < 4.78 is 6.34. The van der Waals surface area contributed by atoms with Gasteiger partial charge in [-0.2, -0.15) is 0 Å². The third-order valence-corrected chi connectivity index (χ3v) is 6.77. The molecule has 5 nitrogen and oxygen atoms in total. The topological polar surface area (TPSA) is 49.9 Å². The maximum Gasteiger partial charge on any atom is 0.265 e. The van der Waals surface area contributed by atoms with E-state index >= 15 is 0 Å². The first-order valence-corrected chi connectivity index (χ1v) is 10.2. The number of hydrogen-bond acceptors (Lipinski definition) is 4. The monoisotopic (exact) mass is 392 g/mol. The maximum atomic E-state index is 13.0. The zero-order chi connectivity index (χ0) is 18.1. The van der Waals surface area contributed by atoms with Crippen molar-refractivity contribution in [2.45, 2.75) is 12.8 Å². The molecule has 2 aliphatic rings. The van der Waals surface area contributed by atoms with Gasteiger partial charge in [-0.1, -0.05) is 29.8 Å². The zero-order valence-corrected chi connectivity index (χ0v) is 16.0. The number of carbonyl (C=O) groups is 2. The van der Waals surface area contributed by atoms with E-state index in [0.29, 0.717) is 49.3 Å². The number of rotatable bonds is 2. The highest BCUT2D eigenvalue weighted by atomic mass is 35.5. The van der Waals surface area contributed by atoms with Crippen molar-refractivity contribution in [2.24, 2.45) is 5.92 Å². The average molecular weight is 393 g/mol. The number of halogens is 1. The third-order valence-electron chi connectivity index (χ3n) is 5.11. The van der Waals surface area contributed by atoms with E-state index < -0.39 is 0 Å². The van der Waals surface area contributed by atoms with Gasteiger partial charge in [0.2, 0.25) is 5.91 Å². The number of ether oxygens (including phenoxy) is 1. The van der Waals surface area contributed by atoms with Crippen LogP contribution in [0.4, 0.5) is 0 Å². The van der Waals surface area contributed by atoms with Crippen LogP contribution >= 0.6 is 22.9 Å². The average Bonchev–Trinajstić information content (AvgIpc) is 3.04. The summed E-state index contributed by atoms with van der Waals surface area (Å²) in [4.78, 5) is 30.1. The molecule has 0 spiro atoms. The molecule has 3 heterocycles. The molecule has 1 aromatic heterocycles. The fourth-order valence-electron chi connectivity index (χ4n) is 3.70. The van der Waals surface area contributed by atoms with Crippen molar-refractivity contribution >= 4 is 44.8 Å². The first-order valence-electron chi connectivity index (χ1n) is 8.98. The lowest BCUT2D eigenvalue weighted by Gasteiger charge is -2.36. The highest BCUT2D eigenvalue weighted by Crippen LogP contribution is 2.36. The minimum Gasteiger partial charge on any atom is -0.378 e. The number of likely N-dealkylation sites (tertiary alicyclic amines) is 1. The molecule has 1 atom stereocenters. The lowest BCUT2D eigenvalue weighted by Crippen LogP contribution is -2.49. The van der Waals surface area contributed by atoms with Gasteiger partial charge in [0.05, 0.1) is 24.2 Å². The van der Waals surface area contributed by atoms with Gasteiger partial charge in [-0.25, -0.2) is 0 Å². The number of morpholine rings is 1. The first kappa shape index (κ1) is 17.8. The van der Waals surface area contributed by atoms with E-state index in [0.717, 1.165) is 22.9 Å². The number of amides is 2. The Bertz CT molecular complexity index is 831. The predicted molar refractivity (Wildman–Crippen MR) is 103 cm³/mol. The lowest BCUT2D eigenvalue weighted by molar-refractivity contribution is -0.141. The Balaban J connectivity index is 1.50. The summed E-state index contributed by atoms with van der Waals surface area (Å²) in [5, 5.41) is 1.44. The zero-order valence-electron chi connectivity index (χ0n) is 14.4. The van der Waals surface area contributed by atoms with Crippen molar-refractivity contribution in [2.75, 3.05) is 39.4 Å². The van der Waals surface area contributed by atoms with Gasteiger partial charge < -0.3 is 14.5 Å². The normalized spacial score (nSPS) is 21.2. The fourth-order valence-corrected chi connectivity index (χ4v) is 5.18. The van der Waals surface area contributed by atoms with Gasteiger partial charge in [-0.05, 0) is 18.9 Å². The Hall–Kier alpha value is -1.63. The Morgan fingerprint density at radius 2 is 1.88 bits per heavy atom. The summed E-state index contributed by atoms with van der Waals surface area (Å²) in [6, 6.07) is 7.78. The molecule has 138 valence electrons. The molecule has 2 fully saturated rings. The molecule has 2 saturated heterocycles. The molecular weight excluding hydrogens is 372 g/mol. The van der Waals surface area contributed by atoms with Crippen LogP contribution in [0, 0.1) is 5.92 Å². The largest absolute Gasteiger partial charge is 0.378 e. The summed E-state index contributed by atoms with van der Waals surface area (Å²) in [7, 11) is 0. The molecule has 2 amide bonds. The summed E-state index contributed by atoms with van der Waals surface area (Å²) in [5.41, 5.74) is 0. The van der Waals surface area contributed by atoms with E-state index in [4.69, 9.17) is 16.3 Å². The van der Waals surface area contributed by atoms with Gasteiger partial charge in [0, 0.05) is 36.3 Å². The van der Waals surface area contributed by atoms with Crippen LogP contribution in [0.2, 0.25) is 5.02 Å². The minimum atomic E-state index is -0.126. The van der Waals surface area contributed by atoms with E-state index in [1.165, 1.54) is 11.3 Å². The van der Waals surface area contributed by atoms with Crippen LogP contribution in [0.3, 0.4) is 0 Å². The molecule has 0 saturated carbocycles. The second-order valence-corrected chi connectivity index (χ2v) is 8.20. The van der Waals surface area contributed by atoms with E-state index in [1.54, 1.807) is 4.90 Å². The molecule has 0 radical (unpaired) electrons. The number of fused-ring (bicyclic) bond motifs is 1. The number of carbonyl (C=O) groups excluding carboxylic acids is 2. The number of hydrogen-bond donors (Lipinski definition) is 0. The van der Waals surface area contributed by atoms with E-state index in [1.807, 2.05) is 29.2 Å². The maximum absolute atomic E-state index is 13.0. The summed E-state index contributed by atoms with van der Waals surface area (Å²) in [6.45, 7) is 3.63. The Morgan fingerprint density at radius 1 is 1.12 bits per heavy atom. The van der Waals surface area contributed by atoms with Crippen LogP contribution in [-0.4, -0.2) is 61.0 Å². The molecular formula is C19H21ClN2O3S. The van der Waals surface area contributed by atoms with Gasteiger partial charge >= 0.3 is 0 Å². The van der Waals surface area contributed by atoms with Gasteiger partial charge in [0.25, 0.3) is 5.91 Å². The van der Waals surface area contributed by atoms with Gasteiger partial charge in [0.15, 0.2) is 0 Å². The van der Waals surface area contributed by atoms with Crippen LogP contribution in [0.15, 0.2) is 24.3 Å². The molecule has 1 aromatic carbocycles. The molecule has 0 bridgehead atoms. The van der Waals surface area contributed by atoms with Gasteiger partial charge in [0.1, 0.15) is 4.88 Å².